The van der Waals surface area contributed by atoms with Gasteiger partial charge in [-0.3, -0.25) is 0 Å². The standard InChI is InChI=1S/C10H12BrN3OS.ClH/c1-6(12-2)3-9-13-10(15-14-9)8-4-7(11)5-16-8;/h4-6,12H,3H2,1-2H3;1H. The largest absolute Gasteiger partial charge is 0.333 e. The van der Waals surface area contributed by atoms with Gasteiger partial charge >= 0.3 is 0 Å². The van der Waals surface area contributed by atoms with E-state index in [9.17, 15) is 0 Å². The average Bonchev–Trinajstić information content (AvgIpc) is 2.87. The molecule has 1 unspecified atom stereocenters. The molecule has 2 aromatic heterocycles. The van der Waals surface area contributed by atoms with Gasteiger partial charge in [-0.05, 0) is 36.0 Å². The molecule has 0 saturated heterocycles. The van der Waals surface area contributed by atoms with Gasteiger partial charge in [0.1, 0.15) is 0 Å². The third-order valence-corrected chi connectivity index (χ3v) is 3.91. The molecule has 1 atom stereocenters. The van der Waals surface area contributed by atoms with Gasteiger partial charge in [0, 0.05) is 22.3 Å². The lowest BCUT2D eigenvalue weighted by Crippen LogP contribution is -2.24. The first-order valence-corrected chi connectivity index (χ1v) is 6.60. The van der Waals surface area contributed by atoms with Crippen molar-refractivity contribution in [1.82, 2.24) is 15.5 Å². The summed E-state index contributed by atoms with van der Waals surface area (Å²) in [5, 5.41) is 9.09. The van der Waals surface area contributed by atoms with E-state index < -0.39 is 0 Å². The molecular formula is C10H13BrClN3OS. The number of nitrogens with one attached hydrogen (secondary N) is 1. The first-order chi connectivity index (χ1) is 7.69. The first kappa shape index (κ1) is 14.6. The number of likely N-dealkylation sites (N-methyl/N-ethyl adjacent to an activating group) is 1. The third kappa shape index (κ3) is 3.77. The molecule has 17 heavy (non-hydrogen) atoms. The first-order valence-electron chi connectivity index (χ1n) is 4.93. The highest BCUT2D eigenvalue weighted by Gasteiger charge is 2.12. The van der Waals surface area contributed by atoms with Crippen LogP contribution in [-0.4, -0.2) is 23.2 Å². The Morgan fingerprint density at radius 2 is 2.35 bits per heavy atom. The molecule has 7 heteroatoms. The molecule has 0 aliphatic carbocycles. The minimum Gasteiger partial charge on any atom is -0.333 e. The van der Waals surface area contributed by atoms with E-state index in [1.54, 1.807) is 11.3 Å². The molecule has 4 nitrogen and oxygen atoms in total. The highest BCUT2D eigenvalue weighted by molar-refractivity contribution is 9.10. The summed E-state index contributed by atoms with van der Waals surface area (Å²) < 4.78 is 6.25. The zero-order valence-electron chi connectivity index (χ0n) is 9.44. The van der Waals surface area contributed by atoms with E-state index in [2.05, 4.69) is 38.3 Å². The normalized spacial score (nSPS) is 12.2. The van der Waals surface area contributed by atoms with E-state index in [1.165, 1.54) is 0 Å². The maximum absolute atomic E-state index is 5.21. The summed E-state index contributed by atoms with van der Waals surface area (Å²) in [6.07, 6.45) is 0.770. The van der Waals surface area contributed by atoms with Gasteiger partial charge in [0.25, 0.3) is 5.89 Å². The molecule has 0 radical (unpaired) electrons. The van der Waals surface area contributed by atoms with Crippen molar-refractivity contribution in [3.63, 3.8) is 0 Å². The lowest BCUT2D eigenvalue weighted by atomic mass is 10.2. The molecule has 2 aromatic rings. The van der Waals surface area contributed by atoms with Crippen molar-refractivity contribution in [3.05, 3.63) is 21.7 Å². The van der Waals surface area contributed by atoms with Crippen molar-refractivity contribution < 1.29 is 4.52 Å². The van der Waals surface area contributed by atoms with Crippen LogP contribution in [-0.2, 0) is 6.42 Å². The molecule has 0 aliphatic rings. The predicted octanol–water partition coefficient (Wildman–Crippen LogP) is 3.13. The van der Waals surface area contributed by atoms with Gasteiger partial charge < -0.3 is 9.84 Å². The average molecular weight is 339 g/mol. The SMILES string of the molecule is CNC(C)Cc1noc(-c2cc(Br)cs2)n1.Cl. The number of hydrogen-bond acceptors (Lipinski definition) is 5. The topological polar surface area (TPSA) is 51.0 Å². The Bertz CT molecular complexity index is 474. The fraction of sp³-hybridized carbons (Fsp3) is 0.400. The smallest absolute Gasteiger partial charge is 0.268 e. The van der Waals surface area contributed by atoms with Crippen molar-refractivity contribution in [1.29, 1.82) is 0 Å². The monoisotopic (exact) mass is 337 g/mol. The quantitative estimate of drug-likeness (QED) is 0.930. The molecular weight excluding hydrogens is 326 g/mol. The Morgan fingerprint density at radius 3 is 2.94 bits per heavy atom. The number of nitrogens with zero attached hydrogens (tertiary/aromatic N) is 2. The molecule has 0 bridgehead atoms. The van der Waals surface area contributed by atoms with Gasteiger partial charge in [0.2, 0.25) is 0 Å². The van der Waals surface area contributed by atoms with Gasteiger partial charge in [0.05, 0.1) is 4.88 Å². The number of thiophene rings is 1. The number of aromatic nitrogens is 2. The van der Waals surface area contributed by atoms with Crippen molar-refractivity contribution >= 4 is 39.7 Å². The van der Waals surface area contributed by atoms with E-state index in [4.69, 9.17) is 4.52 Å². The lowest BCUT2D eigenvalue weighted by Gasteiger charge is -2.04. The fourth-order valence-corrected chi connectivity index (χ4v) is 2.59. The second-order valence-corrected chi connectivity index (χ2v) is 5.37. The molecule has 0 spiro atoms. The minimum atomic E-state index is 0. The highest BCUT2D eigenvalue weighted by Crippen LogP contribution is 2.28. The van der Waals surface area contributed by atoms with Crippen LogP contribution in [0.2, 0.25) is 0 Å². The number of hydrogen-bond donors (Lipinski definition) is 1. The molecule has 2 rings (SSSR count). The zero-order valence-corrected chi connectivity index (χ0v) is 12.7. The Hall–Kier alpha value is -0.430. The van der Waals surface area contributed by atoms with Gasteiger partial charge in [0.15, 0.2) is 5.82 Å². The second-order valence-electron chi connectivity index (χ2n) is 3.54. The van der Waals surface area contributed by atoms with E-state index in [1.807, 2.05) is 18.5 Å². The summed E-state index contributed by atoms with van der Waals surface area (Å²) in [5.41, 5.74) is 0. The molecule has 1 N–H and O–H groups in total. The van der Waals surface area contributed by atoms with E-state index in [0.29, 0.717) is 11.9 Å². The van der Waals surface area contributed by atoms with E-state index in [-0.39, 0.29) is 12.4 Å². The Balaban J connectivity index is 0.00000144. The van der Waals surface area contributed by atoms with Crippen molar-refractivity contribution in [2.75, 3.05) is 7.05 Å². The summed E-state index contributed by atoms with van der Waals surface area (Å²) in [4.78, 5) is 5.34. The predicted molar refractivity (Wildman–Crippen MR) is 74.8 cm³/mol. The van der Waals surface area contributed by atoms with Crippen LogP contribution >= 0.6 is 39.7 Å². The highest BCUT2D eigenvalue weighted by atomic mass is 79.9. The number of rotatable bonds is 4. The van der Waals surface area contributed by atoms with Crippen LogP contribution in [0.5, 0.6) is 0 Å². The van der Waals surface area contributed by atoms with Crippen LogP contribution < -0.4 is 5.32 Å². The van der Waals surface area contributed by atoms with Crippen LogP contribution in [0.1, 0.15) is 12.7 Å². The summed E-state index contributed by atoms with van der Waals surface area (Å²) >= 11 is 4.98. The molecule has 0 aromatic carbocycles. The summed E-state index contributed by atoms with van der Waals surface area (Å²) in [7, 11) is 1.92. The molecule has 0 fully saturated rings. The fourth-order valence-electron chi connectivity index (χ4n) is 1.24. The van der Waals surface area contributed by atoms with Crippen LogP contribution in [0.3, 0.4) is 0 Å². The van der Waals surface area contributed by atoms with E-state index >= 15 is 0 Å². The van der Waals surface area contributed by atoms with Crippen LogP contribution in [0.15, 0.2) is 20.4 Å². The van der Waals surface area contributed by atoms with Gasteiger partial charge in [-0.25, -0.2) is 0 Å². The maximum atomic E-state index is 5.21. The maximum Gasteiger partial charge on any atom is 0.268 e. The lowest BCUT2D eigenvalue weighted by molar-refractivity contribution is 0.419. The Morgan fingerprint density at radius 1 is 1.59 bits per heavy atom. The molecule has 0 aliphatic heterocycles. The van der Waals surface area contributed by atoms with E-state index in [0.717, 1.165) is 21.6 Å². The summed E-state index contributed by atoms with van der Waals surface area (Å²) in [6.45, 7) is 2.08. The molecule has 0 amide bonds. The summed E-state index contributed by atoms with van der Waals surface area (Å²) in [5.74, 6) is 1.33. The van der Waals surface area contributed by atoms with Gasteiger partial charge in [-0.2, -0.15) is 4.98 Å². The zero-order chi connectivity index (χ0) is 11.5. The van der Waals surface area contributed by atoms with Crippen molar-refractivity contribution in [2.24, 2.45) is 0 Å². The second kappa shape index (κ2) is 6.49. The van der Waals surface area contributed by atoms with Gasteiger partial charge in [-0.1, -0.05) is 5.16 Å². The molecule has 94 valence electrons. The number of halogens is 2. The Kier molecular flexibility index (Phi) is 5.58. The minimum absolute atomic E-state index is 0. The Labute approximate surface area is 118 Å². The van der Waals surface area contributed by atoms with Crippen molar-refractivity contribution in [2.45, 2.75) is 19.4 Å². The third-order valence-electron chi connectivity index (χ3n) is 2.23. The van der Waals surface area contributed by atoms with Crippen LogP contribution in [0.4, 0.5) is 0 Å². The molecule has 2 heterocycles. The van der Waals surface area contributed by atoms with Crippen molar-refractivity contribution in [3.8, 4) is 10.8 Å². The molecule has 0 saturated carbocycles. The summed E-state index contributed by atoms with van der Waals surface area (Å²) in [6, 6.07) is 2.32. The van der Waals surface area contributed by atoms with Crippen LogP contribution in [0.25, 0.3) is 10.8 Å². The van der Waals surface area contributed by atoms with Crippen LogP contribution in [0, 0.1) is 0 Å². The van der Waals surface area contributed by atoms with Gasteiger partial charge in [-0.15, -0.1) is 23.7 Å².